The van der Waals surface area contributed by atoms with E-state index in [2.05, 4.69) is 9.98 Å². The minimum atomic E-state index is 0.576. The lowest BCUT2D eigenvalue weighted by Gasteiger charge is -1.97. The molecular formula is C10H9ClN2O. The predicted molar refractivity (Wildman–Crippen MR) is 58.1 cm³/mol. The number of aliphatic imine (C=N–C) groups is 2. The van der Waals surface area contributed by atoms with Crippen molar-refractivity contribution in [1.82, 2.24) is 0 Å². The highest BCUT2D eigenvalue weighted by Gasteiger charge is 2.08. The molecule has 2 rings (SSSR count). The molecule has 72 valence electrons. The third kappa shape index (κ3) is 1.77. The number of fused-ring (bicyclic) bond motifs is 1. The lowest BCUT2D eigenvalue weighted by Crippen LogP contribution is -2.03. The third-order valence-corrected chi connectivity index (χ3v) is 2.02. The largest absolute Gasteiger partial charge is 0.429 e. The summed E-state index contributed by atoms with van der Waals surface area (Å²) in [5, 5.41) is 0.648. The van der Waals surface area contributed by atoms with E-state index in [4.69, 9.17) is 16.3 Å². The number of rotatable bonds is 0. The van der Waals surface area contributed by atoms with Crippen LogP contribution in [0.15, 0.2) is 28.2 Å². The van der Waals surface area contributed by atoms with Crippen molar-refractivity contribution < 1.29 is 4.74 Å². The Kier molecular flexibility index (Phi) is 2.25. The molecule has 0 fully saturated rings. The Labute approximate surface area is 87.1 Å². The molecule has 0 saturated heterocycles. The van der Waals surface area contributed by atoms with Crippen molar-refractivity contribution in [3.8, 4) is 0 Å². The molecule has 0 spiro atoms. The highest BCUT2D eigenvalue weighted by Crippen LogP contribution is 2.32. The fourth-order valence-electron chi connectivity index (χ4n) is 1.28. The van der Waals surface area contributed by atoms with E-state index in [-0.39, 0.29) is 0 Å². The van der Waals surface area contributed by atoms with Crippen LogP contribution in [-0.2, 0) is 4.74 Å². The molecule has 1 aliphatic rings. The minimum Gasteiger partial charge on any atom is -0.429 e. The molecular weight excluding hydrogens is 200 g/mol. The van der Waals surface area contributed by atoms with Crippen LogP contribution in [0.4, 0.5) is 11.4 Å². The van der Waals surface area contributed by atoms with Gasteiger partial charge in [0.2, 0.25) is 0 Å². The maximum absolute atomic E-state index is 5.86. The fourth-order valence-corrected chi connectivity index (χ4v) is 1.45. The molecule has 0 radical (unpaired) electrons. The summed E-state index contributed by atoms with van der Waals surface area (Å²) >= 11 is 5.86. The summed E-state index contributed by atoms with van der Waals surface area (Å²) in [5.74, 6) is 1.17. The Hall–Kier alpha value is -1.35. The summed E-state index contributed by atoms with van der Waals surface area (Å²) in [6.45, 7) is 3.58. The molecule has 0 aromatic heterocycles. The summed E-state index contributed by atoms with van der Waals surface area (Å²) in [7, 11) is 0. The number of ether oxygens (including phenoxy) is 1. The van der Waals surface area contributed by atoms with Gasteiger partial charge in [-0.3, -0.25) is 0 Å². The molecule has 1 aromatic carbocycles. The van der Waals surface area contributed by atoms with Crippen LogP contribution in [0, 0.1) is 0 Å². The van der Waals surface area contributed by atoms with Gasteiger partial charge in [0.05, 0.1) is 11.4 Å². The van der Waals surface area contributed by atoms with Gasteiger partial charge in [-0.2, -0.15) is 0 Å². The maximum Gasteiger partial charge on any atom is 0.193 e. The highest BCUT2D eigenvalue weighted by atomic mass is 35.5. The van der Waals surface area contributed by atoms with Crippen molar-refractivity contribution in [3.05, 3.63) is 23.2 Å². The van der Waals surface area contributed by atoms with E-state index in [0.717, 1.165) is 11.4 Å². The van der Waals surface area contributed by atoms with Gasteiger partial charge in [-0.15, -0.1) is 0 Å². The first-order valence-corrected chi connectivity index (χ1v) is 4.61. The van der Waals surface area contributed by atoms with Crippen molar-refractivity contribution in [1.29, 1.82) is 0 Å². The summed E-state index contributed by atoms with van der Waals surface area (Å²) in [6.07, 6.45) is 0. The van der Waals surface area contributed by atoms with E-state index in [1.807, 2.05) is 6.07 Å². The van der Waals surface area contributed by atoms with Gasteiger partial charge in [0.15, 0.2) is 11.8 Å². The van der Waals surface area contributed by atoms with Gasteiger partial charge >= 0.3 is 0 Å². The zero-order valence-corrected chi connectivity index (χ0v) is 8.67. The SMILES string of the molecule is CC1=Nc2ccc(Cl)cc2N=C(C)O1. The molecule has 0 N–H and O–H groups in total. The van der Waals surface area contributed by atoms with Crippen molar-refractivity contribution in [3.63, 3.8) is 0 Å². The summed E-state index contributed by atoms with van der Waals surface area (Å²) < 4.78 is 5.29. The van der Waals surface area contributed by atoms with E-state index in [0.29, 0.717) is 16.8 Å². The Morgan fingerprint density at radius 2 is 1.71 bits per heavy atom. The van der Waals surface area contributed by atoms with Crippen molar-refractivity contribution in [2.24, 2.45) is 9.98 Å². The van der Waals surface area contributed by atoms with E-state index in [1.54, 1.807) is 26.0 Å². The van der Waals surface area contributed by atoms with Crippen LogP contribution in [0.1, 0.15) is 13.8 Å². The number of benzene rings is 1. The standard InChI is InChI=1S/C10H9ClN2O/c1-6-12-9-4-3-8(11)5-10(9)13-7(2)14-6/h3-5H,1-2H3. The number of nitrogens with zero attached hydrogens (tertiary/aromatic N) is 2. The second kappa shape index (κ2) is 3.42. The van der Waals surface area contributed by atoms with Crippen LogP contribution in [0.2, 0.25) is 5.02 Å². The van der Waals surface area contributed by atoms with E-state index < -0.39 is 0 Å². The molecule has 0 atom stereocenters. The van der Waals surface area contributed by atoms with E-state index >= 15 is 0 Å². The zero-order chi connectivity index (χ0) is 10.1. The van der Waals surface area contributed by atoms with Gasteiger partial charge in [0.25, 0.3) is 0 Å². The zero-order valence-electron chi connectivity index (χ0n) is 7.91. The Morgan fingerprint density at radius 3 is 2.43 bits per heavy atom. The normalized spacial score (nSPS) is 14.8. The van der Waals surface area contributed by atoms with Gasteiger partial charge in [0, 0.05) is 18.9 Å². The van der Waals surface area contributed by atoms with Crippen LogP contribution in [0.25, 0.3) is 0 Å². The molecule has 0 bridgehead atoms. The second-order valence-electron chi connectivity index (χ2n) is 3.00. The molecule has 0 unspecified atom stereocenters. The molecule has 0 amide bonds. The molecule has 0 saturated carbocycles. The monoisotopic (exact) mass is 208 g/mol. The summed E-state index contributed by atoms with van der Waals surface area (Å²) in [5.41, 5.74) is 1.52. The highest BCUT2D eigenvalue weighted by molar-refractivity contribution is 6.31. The second-order valence-corrected chi connectivity index (χ2v) is 3.43. The molecule has 4 heteroatoms. The number of hydrogen-bond acceptors (Lipinski definition) is 3. The molecule has 3 nitrogen and oxygen atoms in total. The lowest BCUT2D eigenvalue weighted by molar-refractivity contribution is 0.539. The third-order valence-electron chi connectivity index (χ3n) is 1.79. The number of hydrogen-bond donors (Lipinski definition) is 0. The summed E-state index contributed by atoms with van der Waals surface area (Å²) in [6, 6.07) is 5.38. The van der Waals surface area contributed by atoms with E-state index in [9.17, 15) is 0 Å². The van der Waals surface area contributed by atoms with Crippen molar-refractivity contribution in [2.45, 2.75) is 13.8 Å². The van der Waals surface area contributed by atoms with E-state index in [1.165, 1.54) is 0 Å². The van der Waals surface area contributed by atoms with Crippen LogP contribution >= 0.6 is 11.6 Å². The van der Waals surface area contributed by atoms with Crippen LogP contribution in [0.3, 0.4) is 0 Å². The smallest absolute Gasteiger partial charge is 0.193 e. The minimum absolute atomic E-state index is 0.576. The molecule has 0 aliphatic carbocycles. The van der Waals surface area contributed by atoms with Gasteiger partial charge in [-0.25, -0.2) is 9.98 Å². The molecule has 1 heterocycles. The van der Waals surface area contributed by atoms with Gasteiger partial charge < -0.3 is 4.74 Å². The average Bonchev–Trinajstić information content (AvgIpc) is 2.21. The van der Waals surface area contributed by atoms with Crippen LogP contribution in [-0.4, -0.2) is 11.8 Å². The average molecular weight is 209 g/mol. The fraction of sp³-hybridized carbons (Fsp3) is 0.200. The van der Waals surface area contributed by atoms with Crippen molar-refractivity contribution >= 4 is 34.8 Å². The molecule has 1 aliphatic heterocycles. The van der Waals surface area contributed by atoms with Gasteiger partial charge in [0.1, 0.15) is 0 Å². The van der Waals surface area contributed by atoms with Crippen molar-refractivity contribution in [2.75, 3.05) is 0 Å². The predicted octanol–water partition coefficient (Wildman–Crippen LogP) is 3.47. The molecule has 14 heavy (non-hydrogen) atoms. The quantitative estimate of drug-likeness (QED) is 0.643. The molecule has 1 aromatic rings. The Bertz CT molecular complexity index is 438. The number of halogens is 1. The first-order chi connectivity index (χ1) is 6.65. The topological polar surface area (TPSA) is 34.0 Å². The first-order valence-electron chi connectivity index (χ1n) is 4.23. The van der Waals surface area contributed by atoms with Crippen LogP contribution in [0.5, 0.6) is 0 Å². The first kappa shape index (κ1) is 9.21. The van der Waals surface area contributed by atoms with Crippen LogP contribution < -0.4 is 0 Å². The Balaban J connectivity index is 2.61. The summed E-state index contributed by atoms with van der Waals surface area (Å²) in [4.78, 5) is 8.50. The Morgan fingerprint density at radius 1 is 1.07 bits per heavy atom. The lowest BCUT2D eigenvalue weighted by atomic mass is 10.3. The van der Waals surface area contributed by atoms with Gasteiger partial charge in [-0.1, -0.05) is 11.6 Å². The maximum atomic E-state index is 5.86. The van der Waals surface area contributed by atoms with Gasteiger partial charge in [-0.05, 0) is 18.2 Å².